The minimum Gasteiger partial charge on any atom is -0.461 e. The quantitative estimate of drug-likeness (QED) is 0.786. The van der Waals surface area contributed by atoms with Crippen LogP contribution >= 0.6 is 12.2 Å². The molecular weight excluding hydrogens is 383 g/mol. The number of rotatable bonds is 4. The van der Waals surface area contributed by atoms with E-state index in [4.69, 9.17) is 21.7 Å². The van der Waals surface area contributed by atoms with Crippen molar-refractivity contribution in [1.29, 1.82) is 0 Å². The van der Waals surface area contributed by atoms with Gasteiger partial charge in [0.1, 0.15) is 12.7 Å². The number of hydrogen-bond donors (Lipinski definition) is 1. The zero-order valence-electron chi connectivity index (χ0n) is 14.0. The van der Waals surface area contributed by atoms with E-state index in [9.17, 15) is 13.2 Å². The summed E-state index contributed by atoms with van der Waals surface area (Å²) in [6, 6.07) is 4.07. The van der Waals surface area contributed by atoms with E-state index >= 15 is 0 Å². The molecule has 3 rings (SSSR count). The van der Waals surface area contributed by atoms with E-state index in [0.717, 1.165) is 18.0 Å². The molecule has 1 N–H and O–H groups in total. The lowest BCUT2D eigenvalue weighted by Gasteiger charge is -2.34. The van der Waals surface area contributed by atoms with E-state index in [2.05, 4.69) is 20.3 Å². The highest BCUT2D eigenvalue weighted by atomic mass is 32.1. The van der Waals surface area contributed by atoms with Crippen molar-refractivity contribution in [2.45, 2.75) is 12.3 Å². The van der Waals surface area contributed by atoms with Gasteiger partial charge in [0, 0.05) is 25.5 Å². The number of anilines is 1. The van der Waals surface area contributed by atoms with Crippen LogP contribution in [0.2, 0.25) is 0 Å². The standard InChI is InChI=1S/C16H16F3N5O2S/c17-16(18,19)13-3-5-21-14(23-13)26-10-12-9-24(6-7-25-12)15(27)22-11-2-1-4-20-8-11/h1-5,8,12H,6-7,9-10H2,(H,22,27). The lowest BCUT2D eigenvalue weighted by molar-refractivity contribution is -0.141. The minimum atomic E-state index is -4.55. The summed E-state index contributed by atoms with van der Waals surface area (Å²) < 4.78 is 48.9. The second-order valence-electron chi connectivity index (χ2n) is 5.64. The zero-order chi connectivity index (χ0) is 19.3. The molecule has 1 fully saturated rings. The minimum absolute atomic E-state index is 0.00726. The number of alkyl halides is 3. The van der Waals surface area contributed by atoms with Crippen molar-refractivity contribution in [2.24, 2.45) is 0 Å². The predicted molar refractivity (Wildman–Crippen MR) is 94.3 cm³/mol. The predicted octanol–water partition coefficient (Wildman–Crippen LogP) is 2.37. The highest BCUT2D eigenvalue weighted by Crippen LogP contribution is 2.27. The van der Waals surface area contributed by atoms with Crippen LogP contribution < -0.4 is 10.1 Å². The molecule has 0 aromatic carbocycles. The number of hydrogen-bond acceptors (Lipinski definition) is 6. The van der Waals surface area contributed by atoms with Crippen molar-refractivity contribution in [3.63, 3.8) is 0 Å². The normalized spacial score (nSPS) is 17.4. The van der Waals surface area contributed by atoms with Crippen LogP contribution in [0.3, 0.4) is 0 Å². The molecule has 1 unspecified atom stereocenters. The fraction of sp³-hybridized carbons (Fsp3) is 0.375. The molecule has 0 radical (unpaired) electrons. The van der Waals surface area contributed by atoms with E-state index in [1.807, 2.05) is 11.0 Å². The molecule has 7 nitrogen and oxygen atoms in total. The molecule has 0 bridgehead atoms. The summed E-state index contributed by atoms with van der Waals surface area (Å²) in [5.41, 5.74) is -0.292. The smallest absolute Gasteiger partial charge is 0.433 e. The Kier molecular flexibility index (Phi) is 6.01. The van der Waals surface area contributed by atoms with Crippen molar-refractivity contribution in [3.05, 3.63) is 42.5 Å². The highest BCUT2D eigenvalue weighted by Gasteiger charge is 2.33. The first-order valence-electron chi connectivity index (χ1n) is 8.02. The van der Waals surface area contributed by atoms with Gasteiger partial charge in [0.05, 0.1) is 18.5 Å². The van der Waals surface area contributed by atoms with Crippen LogP contribution in [0.15, 0.2) is 36.8 Å². The lowest BCUT2D eigenvalue weighted by Crippen LogP contribution is -2.49. The van der Waals surface area contributed by atoms with Gasteiger partial charge in [0.2, 0.25) is 0 Å². The molecule has 0 amide bonds. The number of nitrogens with one attached hydrogen (secondary N) is 1. The van der Waals surface area contributed by atoms with Crippen molar-refractivity contribution < 1.29 is 22.6 Å². The summed E-state index contributed by atoms with van der Waals surface area (Å²) in [4.78, 5) is 13.0. The Morgan fingerprint density at radius 3 is 2.96 bits per heavy atom. The van der Waals surface area contributed by atoms with Gasteiger partial charge in [-0.1, -0.05) is 0 Å². The first kappa shape index (κ1) is 19.2. The summed E-state index contributed by atoms with van der Waals surface area (Å²) in [5, 5.41) is 3.58. The van der Waals surface area contributed by atoms with Crippen LogP contribution in [-0.4, -0.2) is 57.4 Å². The maximum absolute atomic E-state index is 12.7. The molecule has 0 saturated carbocycles. The summed E-state index contributed by atoms with van der Waals surface area (Å²) in [6.45, 7) is 1.42. The first-order chi connectivity index (χ1) is 12.9. The molecular formula is C16H16F3N5O2S. The monoisotopic (exact) mass is 399 g/mol. The molecule has 1 saturated heterocycles. The molecule has 27 heavy (non-hydrogen) atoms. The third-order valence-electron chi connectivity index (χ3n) is 3.66. The molecule has 1 aliphatic heterocycles. The molecule has 11 heteroatoms. The van der Waals surface area contributed by atoms with Crippen molar-refractivity contribution in [1.82, 2.24) is 19.9 Å². The van der Waals surface area contributed by atoms with Gasteiger partial charge in [-0.15, -0.1) is 0 Å². The SMILES string of the molecule is FC(F)(F)c1ccnc(OCC2CN(C(=S)Nc3cccnc3)CCO2)n1. The Balaban J connectivity index is 1.53. The van der Waals surface area contributed by atoms with Crippen molar-refractivity contribution in [2.75, 3.05) is 31.6 Å². The van der Waals surface area contributed by atoms with E-state index < -0.39 is 11.9 Å². The van der Waals surface area contributed by atoms with Crippen LogP contribution in [0.5, 0.6) is 6.01 Å². The van der Waals surface area contributed by atoms with E-state index in [-0.39, 0.29) is 18.7 Å². The van der Waals surface area contributed by atoms with Gasteiger partial charge in [0.15, 0.2) is 10.8 Å². The molecule has 2 aromatic rings. The largest absolute Gasteiger partial charge is 0.461 e. The fourth-order valence-electron chi connectivity index (χ4n) is 2.38. The van der Waals surface area contributed by atoms with Gasteiger partial charge in [-0.2, -0.15) is 18.2 Å². The van der Waals surface area contributed by atoms with Gasteiger partial charge in [-0.3, -0.25) is 4.98 Å². The second-order valence-corrected chi connectivity index (χ2v) is 6.03. The summed E-state index contributed by atoms with van der Waals surface area (Å²) >= 11 is 5.39. The Labute approximate surface area is 158 Å². The summed E-state index contributed by atoms with van der Waals surface area (Å²) in [6.07, 6.45) is -0.620. The second kappa shape index (κ2) is 8.44. The van der Waals surface area contributed by atoms with Crippen LogP contribution in [0, 0.1) is 0 Å². The van der Waals surface area contributed by atoms with Crippen LogP contribution in [0.4, 0.5) is 18.9 Å². The van der Waals surface area contributed by atoms with Crippen LogP contribution in [-0.2, 0) is 10.9 Å². The average Bonchev–Trinajstić information content (AvgIpc) is 2.67. The van der Waals surface area contributed by atoms with Gasteiger partial charge in [-0.05, 0) is 30.4 Å². The topological polar surface area (TPSA) is 72.4 Å². The van der Waals surface area contributed by atoms with Gasteiger partial charge >= 0.3 is 12.2 Å². The molecule has 2 aromatic heterocycles. The van der Waals surface area contributed by atoms with Crippen molar-refractivity contribution in [3.8, 4) is 6.01 Å². The molecule has 1 atom stereocenters. The molecule has 144 valence electrons. The summed E-state index contributed by atoms with van der Waals surface area (Å²) in [5.74, 6) is 0. The third kappa shape index (κ3) is 5.47. The molecule has 1 aliphatic rings. The Bertz CT molecular complexity index is 778. The van der Waals surface area contributed by atoms with Gasteiger partial charge in [0.25, 0.3) is 0 Å². The summed E-state index contributed by atoms with van der Waals surface area (Å²) in [7, 11) is 0. The number of nitrogens with zero attached hydrogens (tertiary/aromatic N) is 4. The Morgan fingerprint density at radius 1 is 1.37 bits per heavy atom. The van der Waals surface area contributed by atoms with E-state index in [1.165, 1.54) is 0 Å². The maximum Gasteiger partial charge on any atom is 0.433 e. The van der Waals surface area contributed by atoms with E-state index in [0.29, 0.717) is 24.8 Å². The highest BCUT2D eigenvalue weighted by molar-refractivity contribution is 7.80. The van der Waals surface area contributed by atoms with Crippen LogP contribution in [0.25, 0.3) is 0 Å². The molecule has 0 spiro atoms. The number of thiocarbonyl (C=S) groups is 1. The van der Waals surface area contributed by atoms with Gasteiger partial charge < -0.3 is 19.7 Å². The zero-order valence-corrected chi connectivity index (χ0v) is 14.8. The number of halogens is 3. The fourth-order valence-corrected chi connectivity index (χ4v) is 2.66. The third-order valence-corrected chi connectivity index (χ3v) is 4.02. The number of pyridine rings is 1. The van der Waals surface area contributed by atoms with Crippen LogP contribution in [0.1, 0.15) is 5.69 Å². The Hall–Kier alpha value is -2.53. The first-order valence-corrected chi connectivity index (χ1v) is 8.43. The lowest BCUT2D eigenvalue weighted by atomic mass is 10.3. The van der Waals surface area contributed by atoms with E-state index in [1.54, 1.807) is 18.5 Å². The van der Waals surface area contributed by atoms with Crippen molar-refractivity contribution >= 4 is 23.0 Å². The van der Waals surface area contributed by atoms with Gasteiger partial charge in [-0.25, -0.2) is 4.98 Å². The Morgan fingerprint density at radius 2 is 2.22 bits per heavy atom. The number of aromatic nitrogens is 3. The maximum atomic E-state index is 12.7. The molecule has 3 heterocycles. The number of morpholine rings is 1. The number of ether oxygens (including phenoxy) is 2. The molecule has 0 aliphatic carbocycles. The average molecular weight is 399 g/mol.